The van der Waals surface area contributed by atoms with Crippen LogP contribution in [0.1, 0.15) is 0 Å². The number of anilines is 2. The number of nitrogens with zero attached hydrogens (tertiary/aromatic N) is 1. The highest BCUT2D eigenvalue weighted by Gasteiger charge is 2.19. The van der Waals surface area contributed by atoms with Gasteiger partial charge in [-0.15, -0.1) is 0 Å². The molecular weight excluding hydrogens is 232 g/mol. The summed E-state index contributed by atoms with van der Waals surface area (Å²) in [4.78, 5) is 0. The molecule has 1 aromatic heterocycles. The number of rotatable bonds is 0. The van der Waals surface area contributed by atoms with E-state index in [1.165, 1.54) is 0 Å². The summed E-state index contributed by atoms with van der Waals surface area (Å²) in [5.41, 5.74) is 4.45. The predicted octanol–water partition coefficient (Wildman–Crippen LogP) is 4.34. The molecule has 4 rings (SSSR count). The van der Waals surface area contributed by atoms with E-state index < -0.39 is 0 Å². The molecule has 17 heavy (non-hydrogen) atoms. The fourth-order valence-corrected chi connectivity index (χ4v) is 2.78. The molecule has 3 aromatic rings. The highest BCUT2D eigenvalue weighted by Crippen LogP contribution is 2.40. The maximum Gasteiger partial charge on any atom is 0.114 e. The monoisotopic (exact) mass is 240 g/mol. The zero-order chi connectivity index (χ0) is 11.4. The largest absolute Gasteiger partial charge is 0.352 e. The van der Waals surface area contributed by atoms with Crippen molar-refractivity contribution in [3.8, 4) is 5.69 Å². The normalized spacial score (nSPS) is 12.3. The Morgan fingerprint density at radius 2 is 1.76 bits per heavy atom. The van der Waals surface area contributed by atoms with Gasteiger partial charge in [-0.3, -0.25) is 4.57 Å². The second kappa shape index (κ2) is 3.05. The summed E-state index contributed by atoms with van der Waals surface area (Å²) < 4.78 is 2.10. The van der Waals surface area contributed by atoms with E-state index >= 15 is 0 Å². The lowest BCUT2D eigenvalue weighted by molar-refractivity contribution is 1.11. The van der Waals surface area contributed by atoms with Crippen LogP contribution in [0.25, 0.3) is 16.6 Å². The lowest BCUT2D eigenvalue weighted by Crippen LogP contribution is -2.06. The molecular formula is C14H9ClN2. The Morgan fingerprint density at radius 3 is 2.71 bits per heavy atom. The first-order valence-corrected chi connectivity index (χ1v) is 5.89. The molecule has 0 radical (unpaired) electrons. The van der Waals surface area contributed by atoms with Crippen LogP contribution in [0.5, 0.6) is 0 Å². The summed E-state index contributed by atoms with van der Waals surface area (Å²) in [6.07, 6.45) is 0. The molecule has 0 unspecified atom stereocenters. The van der Waals surface area contributed by atoms with Gasteiger partial charge in [0.25, 0.3) is 0 Å². The standard InChI is InChI=1S/C14H9ClN2/c15-13-8-9-4-3-6-11-14(9)17(13)12-7-2-1-5-10(12)16-11/h1-8,16H. The minimum absolute atomic E-state index is 0.751. The Balaban J connectivity index is 2.24. The Hall–Kier alpha value is -1.93. The van der Waals surface area contributed by atoms with E-state index in [0.717, 1.165) is 33.1 Å². The molecule has 1 aliphatic heterocycles. The number of halogens is 1. The van der Waals surface area contributed by atoms with E-state index in [4.69, 9.17) is 11.6 Å². The summed E-state index contributed by atoms with van der Waals surface area (Å²) in [5.74, 6) is 0. The van der Waals surface area contributed by atoms with Crippen LogP contribution in [0.2, 0.25) is 5.15 Å². The first kappa shape index (κ1) is 9.14. The Labute approximate surface area is 103 Å². The van der Waals surface area contributed by atoms with Gasteiger partial charge < -0.3 is 5.32 Å². The second-order valence-corrected chi connectivity index (χ2v) is 4.58. The second-order valence-electron chi connectivity index (χ2n) is 4.19. The van der Waals surface area contributed by atoms with Gasteiger partial charge in [0.05, 0.1) is 22.6 Å². The van der Waals surface area contributed by atoms with E-state index in [2.05, 4.69) is 34.1 Å². The Bertz CT molecular complexity index is 743. The lowest BCUT2D eigenvalue weighted by Gasteiger charge is -2.21. The first-order chi connectivity index (χ1) is 8.34. The molecule has 0 amide bonds. The Kier molecular flexibility index (Phi) is 1.64. The number of hydrogen-bond donors (Lipinski definition) is 1. The predicted molar refractivity (Wildman–Crippen MR) is 71.6 cm³/mol. The Morgan fingerprint density at radius 1 is 0.941 bits per heavy atom. The van der Waals surface area contributed by atoms with Crippen molar-refractivity contribution < 1.29 is 0 Å². The fraction of sp³-hybridized carbons (Fsp3) is 0. The van der Waals surface area contributed by atoms with Gasteiger partial charge in [0.15, 0.2) is 0 Å². The molecule has 0 atom stereocenters. The molecule has 0 aliphatic carbocycles. The number of hydrogen-bond acceptors (Lipinski definition) is 1. The molecule has 0 saturated carbocycles. The fourth-order valence-electron chi connectivity index (χ4n) is 2.48. The third-order valence-electron chi connectivity index (χ3n) is 3.19. The maximum atomic E-state index is 6.34. The summed E-state index contributed by atoms with van der Waals surface area (Å²) >= 11 is 6.34. The molecule has 3 heteroatoms. The zero-order valence-electron chi connectivity index (χ0n) is 8.94. The molecule has 82 valence electrons. The number of fused-ring (bicyclic) bond motifs is 2. The van der Waals surface area contributed by atoms with Crippen LogP contribution in [-0.4, -0.2) is 4.57 Å². The van der Waals surface area contributed by atoms with E-state index in [9.17, 15) is 0 Å². The van der Waals surface area contributed by atoms with Crippen LogP contribution in [0, 0.1) is 0 Å². The van der Waals surface area contributed by atoms with E-state index in [0.29, 0.717) is 0 Å². The molecule has 1 N–H and O–H groups in total. The van der Waals surface area contributed by atoms with Gasteiger partial charge in [-0.2, -0.15) is 0 Å². The van der Waals surface area contributed by atoms with E-state index in [1.807, 2.05) is 24.3 Å². The molecule has 2 aromatic carbocycles. The summed E-state index contributed by atoms with van der Waals surface area (Å²) in [7, 11) is 0. The summed E-state index contributed by atoms with van der Waals surface area (Å²) in [5, 5.41) is 5.35. The molecule has 2 nitrogen and oxygen atoms in total. The van der Waals surface area contributed by atoms with Gasteiger partial charge in [0, 0.05) is 5.39 Å². The zero-order valence-corrected chi connectivity index (χ0v) is 9.70. The maximum absolute atomic E-state index is 6.34. The minimum atomic E-state index is 0.751. The van der Waals surface area contributed by atoms with Crippen molar-refractivity contribution in [2.45, 2.75) is 0 Å². The van der Waals surface area contributed by atoms with Crippen molar-refractivity contribution in [1.29, 1.82) is 0 Å². The van der Waals surface area contributed by atoms with Crippen LogP contribution in [0.4, 0.5) is 11.4 Å². The number of nitrogens with one attached hydrogen (secondary N) is 1. The van der Waals surface area contributed by atoms with Crippen molar-refractivity contribution in [2.75, 3.05) is 5.32 Å². The smallest absolute Gasteiger partial charge is 0.114 e. The van der Waals surface area contributed by atoms with Crippen molar-refractivity contribution in [3.05, 3.63) is 53.7 Å². The van der Waals surface area contributed by atoms with Gasteiger partial charge in [-0.05, 0) is 24.3 Å². The van der Waals surface area contributed by atoms with Crippen molar-refractivity contribution in [3.63, 3.8) is 0 Å². The first-order valence-electron chi connectivity index (χ1n) is 5.51. The van der Waals surface area contributed by atoms with Crippen LogP contribution < -0.4 is 5.32 Å². The van der Waals surface area contributed by atoms with Crippen molar-refractivity contribution in [2.24, 2.45) is 0 Å². The molecule has 1 aliphatic rings. The summed E-state index contributed by atoms with van der Waals surface area (Å²) in [6, 6.07) is 16.4. The van der Waals surface area contributed by atoms with Gasteiger partial charge in [0.1, 0.15) is 5.15 Å². The third-order valence-corrected chi connectivity index (χ3v) is 3.47. The number of benzene rings is 2. The topological polar surface area (TPSA) is 17.0 Å². The molecule has 2 heterocycles. The van der Waals surface area contributed by atoms with Crippen LogP contribution in [-0.2, 0) is 0 Å². The molecule has 0 bridgehead atoms. The quantitative estimate of drug-likeness (QED) is 0.484. The van der Waals surface area contributed by atoms with Gasteiger partial charge in [-0.1, -0.05) is 35.9 Å². The van der Waals surface area contributed by atoms with Crippen LogP contribution in [0.15, 0.2) is 48.5 Å². The van der Waals surface area contributed by atoms with Crippen molar-refractivity contribution >= 4 is 33.9 Å². The molecule has 0 spiro atoms. The minimum Gasteiger partial charge on any atom is -0.352 e. The van der Waals surface area contributed by atoms with Gasteiger partial charge in [0.2, 0.25) is 0 Å². The lowest BCUT2D eigenvalue weighted by atomic mass is 10.1. The highest BCUT2D eigenvalue weighted by molar-refractivity contribution is 6.31. The molecule has 0 saturated heterocycles. The summed E-state index contributed by atoms with van der Waals surface area (Å²) in [6.45, 7) is 0. The van der Waals surface area contributed by atoms with Crippen molar-refractivity contribution in [1.82, 2.24) is 4.57 Å². The van der Waals surface area contributed by atoms with E-state index in [-0.39, 0.29) is 0 Å². The highest BCUT2D eigenvalue weighted by atomic mass is 35.5. The van der Waals surface area contributed by atoms with Crippen LogP contribution >= 0.6 is 11.6 Å². The average Bonchev–Trinajstić information content (AvgIpc) is 2.69. The van der Waals surface area contributed by atoms with Crippen LogP contribution in [0.3, 0.4) is 0 Å². The third kappa shape index (κ3) is 1.10. The van der Waals surface area contributed by atoms with Gasteiger partial charge in [-0.25, -0.2) is 0 Å². The van der Waals surface area contributed by atoms with E-state index in [1.54, 1.807) is 0 Å². The number of para-hydroxylation sites is 3. The SMILES string of the molecule is Clc1cc2cccc3c2n1-c1ccccc1N3. The average molecular weight is 241 g/mol. The molecule has 0 fully saturated rings. The van der Waals surface area contributed by atoms with Gasteiger partial charge >= 0.3 is 0 Å². The number of aromatic nitrogens is 1.